The lowest BCUT2D eigenvalue weighted by atomic mass is 10.0. The van der Waals surface area contributed by atoms with Crippen molar-refractivity contribution in [3.8, 4) is 18.2 Å². The van der Waals surface area contributed by atoms with E-state index in [4.69, 9.17) is 20.4 Å². The van der Waals surface area contributed by atoms with Crippen LogP contribution in [0.2, 0.25) is 0 Å². The van der Waals surface area contributed by atoms with E-state index in [0.29, 0.717) is 16.8 Å². The molecule has 21 heavy (non-hydrogen) atoms. The lowest BCUT2D eigenvalue weighted by molar-refractivity contribution is -0.0334. The largest absolute Gasteiger partial charge is 0.394 e. The normalized spacial score (nSPS) is 18.3. The maximum absolute atomic E-state index is 9.36. The predicted octanol–water partition coefficient (Wildman–Crippen LogP) is 1.58. The number of aliphatic hydroxyl groups is 1. The predicted molar refractivity (Wildman–Crippen MR) is 75.0 cm³/mol. The minimum absolute atomic E-state index is 0.0514. The number of ether oxygens (including phenoxy) is 1. The number of hydrogen-bond acceptors (Lipinski definition) is 6. The maximum atomic E-state index is 9.36. The summed E-state index contributed by atoms with van der Waals surface area (Å²) in [6, 6.07) is 5.69. The van der Waals surface area contributed by atoms with E-state index in [1.807, 2.05) is 17.0 Å². The van der Waals surface area contributed by atoms with Gasteiger partial charge in [-0.2, -0.15) is 15.8 Å². The number of nitriles is 3. The number of nitrogens with zero attached hydrogens (tertiary/aromatic N) is 4. The Morgan fingerprint density at radius 3 is 2.43 bits per heavy atom. The van der Waals surface area contributed by atoms with Crippen molar-refractivity contribution < 1.29 is 9.84 Å². The van der Waals surface area contributed by atoms with Gasteiger partial charge in [0.15, 0.2) is 0 Å². The minimum Gasteiger partial charge on any atom is -0.394 e. The Labute approximate surface area is 124 Å². The molecule has 0 aromatic rings. The number of allylic oxidation sites excluding steroid dienone is 4. The molecule has 6 nitrogen and oxygen atoms in total. The first kappa shape index (κ1) is 16.7. The maximum Gasteiger partial charge on any atom is 0.133 e. The molecule has 1 heterocycles. The summed E-state index contributed by atoms with van der Waals surface area (Å²) in [6.45, 7) is 4.32. The summed E-state index contributed by atoms with van der Waals surface area (Å²) < 4.78 is 5.56. The molecular weight excluding hydrogens is 268 g/mol. The van der Waals surface area contributed by atoms with Gasteiger partial charge in [-0.05, 0) is 32.3 Å². The van der Waals surface area contributed by atoms with Crippen LogP contribution >= 0.6 is 0 Å². The van der Waals surface area contributed by atoms with Crippen molar-refractivity contribution >= 4 is 0 Å². The lowest BCUT2D eigenvalue weighted by Crippen LogP contribution is -2.31. The van der Waals surface area contributed by atoms with Crippen molar-refractivity contribution in [1.29, 1.82) is 15.8 Å². The number of aliphatic hydroxyl groups excluding tert-OH is 1. The molecule has 0 saturated carbocycles. The van der Waals surface area contributed by atoms with Crippen LogP contribution in [0.1, 0.15) is 26.7 Å². The second-order valence-corrected chi connectivity index (χ2v) is 4.68. The fourth-order valence-corrected chi connectivity index (χ4v) is 2.38. The third-order valence-corrected chi connectivity index (χ3v) is 3.48. The molecule has 110 valence electrons. The van der Waals surface area contributed by atoms with Crippen molar-refractivity contribution in [2.75, 3.05) is 19.8 Å². The summed E-state index contributed by atoms with van der Waals surface area (Å²) in [6.07, 6.45) is 1.57. The van der Waals surface area contributed by atoms with Crippen LogP contribution in [0.25, 0.3) is 0 Å². The molecule has 0 aromatic heterocycles. The fraction of sp³-hybridized carbons (Fsp3) is 0.533. The first-order chi connectivity index (χ1) is 10.1. The van der Waals surface area contributed by atoms with Crippen molar-refractivity contribution in [2.45, 2.75) is 32.9 Å². The Morgan fingerprint density at radius 1 is 1.24 bits per heavy atom. The van der Waals surface area contributed by atoms with Crippen LogP contribution in [0.5, 0.6) is 0 Å². The molecule has 1 aliphatic rings. The summed E-state index contributed by atoms with van der Waals surface area (Å²) in [5.41, 5.74) is 1.34. The highest BCUT2D eigenvalue weighted by atomic mass is 16.5. The van der Waals surface area contributed by atoms with Crippen LogP contribution in [-0.4, -0.2) is 36.0 Å². The van der Waals surface area contributed by atoms with Crippen molar-refractivity contribution in [2.24, 2.45) is 0 Å². The summed E-state index contributed by atoms with van der Waals surface area (Å²) in [5, 5.41) is 36.1. The van der Waals surface area contributed by atoms with Crippen LogP contribution in [-0.2, 0) is 4.74 Å². The number of hydrogen-bond donors (Lipinski definition) is 1. The molecule has 1 atom stereocenters. The minimum atomic E-state index is -0.180. The molecule has 1 unspecified atom stereocenters. The topological polar surface area (TPSA) is 104 Å². The first-order valence-electron chi connectivity index (χ1n) is 6.72. The molecule has 6 heteroatoms. The number of rotatable bonds is 5. The van der Waals surface area contributed by atoms with E-state index in [0.717, 1.165) is 19.4 Å². The van der Waals surface area contributed by atoms with Crippen molar-refractivity contribution in [3.63, 3.8) is 0 Å². The van der Waals surface area contributed by atoms with Gasteiger partial charge in [0.1, 0.15) is 30.0 Å². The monoisotopic (exact) mass is 286 g/mol. The van der Waals surface area contributed by atoms with Gasteiger partial charge in [-0.25, -0.2) is 0 Å². The summed E-state index contributed by atoms with van der Waals surface area (Å²) in [4.78, 5) is 1.95. The molecule has 0 amide bonds. The zero-order valence-electron chi connectivity index (χ0n) is 12.3. The summed E-state index contributed by atoms with van der Waals surface area (Å²) in [5.74, 6) is 0. The molecule has 0 aromatic carbocycles. The first-order valence-corrected chi connectivity index (χ1v) is 6.72. The quantitative estimate of drug-likeness (QED) is 0.607. The standard InChI is InChI=1S/C15H18N4O2/c1-11(13(8-16)9-17)14(10-18)12(2)19-5-3-4-15(19)21-7-6-20/h15,20H,3-7H2,1-2H3/b14-12+. The Hall–Kier alpha value is -2.33. The van der Waals surface area contributed by atoms with E-state index < -0.39 is 0 Å². The highest BCUT2D eigenvalue weighted by molar-refractivity contribution is 5.54. The van der Waals surface area contributed by atoms with E-state index in [-0.39, 0.29) is 25.0 Å². The SMILES string of the molecule is CC(=C(C#N)C#N)/C(C#N)=C(\C)N1CCCC1OCCO. The van der Waals surface area contributed by atoms with Gasteiger partial charge in [0.05, 0.1) is 18.8 Å². The van der Waals surface area contributed by atoms with Crippen LogP contribution in [0.4, 0.5) is 0 Å². The highest BCUT2D eigenvalue weighted by Crippen LogP contribution is 2.27. The van der Waals surface area contributed by atoms with E-state index in [1.54, 1.807) is 13.8 Å². The summed E-state index contributed by atoms with van der Waals surface area (Å²) in [7, 11) is 0. The second kappa shape index (κ2) is 8.07. The van der Waals surface area contributed by atoms with Crippen LogP contribution in [0.15, 0.2) is 22.4 Å². The van der Waals surface area contributed by atoms with E-state index in [9.17, 15) is 5.26 Å². The van der Waals surface area contributed by atoms with Crippen molar-refractivity contribution in [1.82, 2.24) is 4.90 Å². The molecule has 1 N–H and O–H groups in total. The Bertz CT molecular complexity index is 556. The zero-order valence-corrected chi connectivity index (χ0v) is 12.3. The van der Waals surface area contributed by atoms with Gasteiger partial charge in [-0.15, -0.1) is 0 Å². The molecule has 0 spiro atoms. The van der Waals surface area contributed by atoms with Gasteiger partial charge < -0.3 is 14.7 Å². The van der Waals surface area contributed by atoms with Crippen molar-refractivity contribution in [3.05, 3.63) is 22.4 Å². The Kier molecular flexibility index (Phi) is 6.43. The molecule has 0 bridgehead atoms. The van der Waals surface area contributed by atoms with E-state index in [1.165, 1.54) is 0 Å². The van der Waals surface area contributed by atoms with Gasteiger partial charge in [0, 0.05) is 12.2 Å². The molecule has 1 aliphatic heterocycles. The number of likely N-dealkylation sites (tertiary alicyclic amines) is 1. The molecular formula is C15H18N4O2. The molecule has 1 rings (SSSR count). The van der Waals surface area contributed by atoms with Gasteiger partial charge in [-0.1, -0.05) is 0 Å². The molecule has 0 aliphatic carbocycles. The Balaban J connectivity index is 3.15. The van der Waals surface area contributed by atoms with Crippen LogP contribution in [0, 0.1) is 34.0 Å². The van der Waals surface area contributed by atoms with Crippen LogP contribution < -0.4 is 0 Å². The van der Waals surface area contributed by atoms with E-state index in [2.05, 4.69) is 6.07 Å². The Morgan fingerprint density at radius 2 is 1.90 bits per heavy atom. The van der Waals surface area contributed by atoms with Crippen LogP contribution in [0.3, 0.4) is 0 Å². The third-order valence-electron chi connectivity index (χ3n) is 3.48. The van der Waals surface area contributed by atoms with Gasteiger partial charge >= 0.3 is 0 Å². The summed E-state index contributed by atoms with van der Waals surface area (Å²) >= 11 is 0. The molecule has 1 saturated heterocycles. The fourth-order valence-electron chi connectivity index (χ4n) is 2.38. The second-order valence-electron chi connectivity index (χ2n) is 4.68. The average Bonchev–Trinajstić information content (AvgIpc) is 2.95. The van der Waals surface area contributed by atoms with Gasteiger partial charge in [0.2, 0.25) is 0 Å². The molecule has 0 radical (unpaired) electrons. The van der Waals surface area contributed by atoms with E-state index >= 15 is 0 Å². The highest BCUT2D eigenvalue weighted by Gasteiger charge is 2.27. The third kappa shape index (κ3) is 3.83. The van der Waals surface area contributed by atoms with Gasteiger partial charge in [0.25, 0.3) is 0 Å². The smallest absolute Gasteiger partial charge is 0.133 e. The lowest BCUT2D eigenvalue weighted by Gasteiger charge is -2.28. The zero-order chi connectivity index (χ0) is 15.8. The molecule has 1 fully saturated rings. The van der Waals surface area contributed by atoms with Gasteiger partial charge in [-0.3, -0.25) is 0 Å². The average molecular weight is 286 g/mol.